The molecule has 1 atom stereocenters. The third kappa shape index (κ3) is 7.59. The summed E-state index contributed by atoms with van der Waals surface area (Å²) < 4.78 is 0. The normalized spacial score (nSPS) is 11.8. The molecule has 1 aromatic rings. The molecule has 1 unspecified atom stereocenters. The number of hydrogen-bond donors (Lipinski definition) is 3. The molecule has 0 fully saturated rings. The van der Waals surface area contributed by atoms with Gasteiger partial charge in [-0.15, -0.1) is 0 Å². The van der Waals surface area contributed by atoms with Gasteiger partial charge in [0.05, 0.1) is 5.92 Å². The highest BCUT2D eigenvalue weighted by atomic mass is 16.1. The minimum absolute atomic E-state index is 0.0473. The first-order chi connectivity index (χ1) is 11.7. The van der Waals surface area contributed by atoms with Crippen molar-refractivity contribution < 1.29 is 9.59 Å². The predicted molar refractivity (Wildman–Crippen MR) is 99.2 cm³/mol. The number of amides is 1. The van der Waals surface area contributed by atoms with Gasteiger partial charge >= 0.3 is 0 Å². The summed E-state index contributed by atoms with van der Waals surface area (Å²) in [6.45, 7) is 1.70. The number of aldehydes is 1. The monoisotopic (exact) mass is 333 g/mol. The van der Waals surface area contributed by atoms with Crippen molar-refractivity contribution in [1.82, 2.24) is 5.32 Å². The van der Waals surface area contributed by atoms with Crippen molar-refractivity contribution in [3.8, 4) is 0 Å². The lowest BCUT2D eigenvalue weighted by atomic mass is 9.93. The molecule has 1 aromatic carbocycles. The Balaban J connectivity index is 2.51. The number of nitrogens with one attached hydrogen (secondary N) is 2. The fourth-order valence-corrected chi connectivity index (χ4v) is 2.76. The molecule has 0 aliphatic rings. The third-order valence-electron chi connectivity index (χ3n) is 4.14. The Labute approximate surface area is 145 Å². The van der Waals surface area contributed by atoms with E-state index in [4.69, 9.17) is 5.73 Å². The molecule has 0 radical (unpaired) electrons. The van der Waals surface area contributed by atoms with Crippen LogP contribution in [0.3, 0.4) is 0 Å². The van der Waals surface area contributed by atoms with Crippen LogP contribution in [0.2, 0.25) is 0 Å². The lowest BCUT2D eigenvalue weighted by Crippen LogP contribution is -2.26. The molecule has 134 valence electrons. The van der Waals surface area contributed by atoms with Crippen LogP contribution in [0, 0.1) is 0 Å². The number of anilines is 1. The SMILES string of the molecule is CNC(=O)C(CCC=O)c1cccc(NCCCCCCCN)c1. The zero-order valence-corrected chi connectivity index (χ0v) is 14.7. The van der Waals surface area contributed by atoms with Crippen LogP contribution in [-0.4, -0.2) is 32.3 Å². The average molecular weight is 333 g/mol. The van der Waals surface area contributed by atoms with E-state index >= 15 is 0 Å². The van der Waals surface area contributed by atoms with Gasteiger partial charge < -0.3 is 21.2 Å². The van der Waals surface area contributed by atoms with E-state index in [0.29, 0.717) is 12.8 Å². The first kappa shape index (κ1) is 20.2. The Morgan fingerprint density at radius 3 is 2.67 bits per heavy atom. The first-order valence-corrected chi connectivity index (χ1v) is 8.92. The zero-order chi connectivity index (χ0) is 17.6. The summed E-state index contributed by atoms with van der Waals surface area (Å²) in [5, 5.41) is 6.10. The summed E-state index contributed by atoms with van der Waals surface area (Å²) in [6.07, 6.45) is 7.65. The van der Waals surface area contributed by atoms with Crippen LogP contribution in [0.15, 0.2) is 24.3 Å². The van der Waals surface area contributed by atoms with Crippen molar-refractivity contribution in [2.24, 2.45) is 5.73 Å². The second-order valence-electron chi connectivity index (χ2n) is 6.02. The lowest BCUT2D eigenvalue weighted by molar-refractivity contribution is -0.122. The van der Waals surface area contributed by atoms with Crippen LogP contribution in [-0.2, 0) is 9.59 Å². The fraction of sp³-hybridized carbons (Fsp3) is 0.579. The van der Waals surface area contributed by atoms with Gasteiger partial charge in [-0.2, -0.15) is 0 Å². The van der Waals surface area contributed by atoms with E-state index in [2.05, 4.69) is 10.6 Å². The molecule has 0 heterocycles. The van der Waals surface area contributed by atoms with Gasteiger partial charge in [-0.3, -0.25) is 4.79 Å². The Hall–Kier alpha value is -1.88. The molecule has 4 N–H and O–H groups in total. The molecule has 5 nitrogen and oxygen atoms in total. The van der Waals surface area contributed by atoms with Crippen molar-refractivity contribution in [1.29, 1.82) is 0 Å². The molecular weight excluding hydrogens is 302 g/mol. The van der Waals surface area contributed by atoms with Crippen molar-refractivity contribution in [3.63, 3.8) is 0 Å². The Bertz CT molecular complexity index is 491. The van der Waals surface area contributed by atoms with E-state index in [1.807, 2.05) is 24.3 Å². The van der Waals surface area contributed by atoms with Crippen LogP contribution in [0.1, 0.15) is 56.4 Å². The first-order valence-electron chi connectivity index (χ1n) is 8.92. The quantitative estimate of drug-likeness (QED) is 0.383. The molecule has 1 amide bonds. The van der Waals surface area contributed by atoms with Crippen LogP contribution >= 0.6 is 0 Å². The second-order valence-corrected chi connectivity index (χ2v) is 6.02. The van der Waals surface area contributed by atoms with E-state index in [0.717, 1.165) is 43.5 Å². The molecule has 5 heteroatoms. The molecule has 0 saturated heterocycles. The minimum Gasteiger partial charge on any atom is -0.385 e. The summed E-state index contributed by atoms with van der Waals surface area (Å²) in [6, 6.07) is 7.93. The van der Waals surface area contributed by atoms with Gasteiger partial charge in [-0.05, 0) is 43.5 Å². The average Bonchev–Trinajstić information content (AvgIpc) is 2.61. The number of carbonyl (C=O) groups is 2. The molecule has 0 aliphatic carbocycles. The molecule has 0 bridgehead atoms. The number of unbranched alkanes of at least 4 members (excludes halogenated alkanes) is 4. The highest BCUT2D eigenvalue weighted by Gasteiger charge is 2.19. The van der Waals surface area contributed by atoms with Gasteiger partial charge in [0.1, 0.15) is 6.29 Å². The molecule has 0 aromatic heterocycles. The summed E-state index contributed by atoms with van der Waals surface area (Å²) in [7, 11) is 1.63. The zero-order valence-electron chi connectivity index (χ0n) is 14.7. The Morgan fingerprint density at radius 2 is 1.96 bits per heavy atom. The van der Waals surface area contributed by atoms with Gasteiger partial charge in [0.2, 0.25) is 5.91 Å². The topological polar surface area (TPSA) is 84.2 Å². The maximum Gasteiger partial charge on any atom is 0.227 e. The Kier molecular flexibility index (Phi) is 10.5. The number of rotatable bonds is 13. The van der Waals surface area contributed by atoms with Gasteiger partial charge in [0.25, 0.3) is 0 Å². The summed E-state index contributed by atoms with van der Waals surface area (Å²) in [5.74, 6) is -0.327. The molecule has 0 spiro atoms. The summed E-state index contributed by atoms with van der Waals surface area (Å²) >= 11 is 0. The van der Waals surface area contributed by atoms with Crippen LogP contribution in [0.25, 0.3) is 0 Å². The van der Waals surface area contributed by atoms with E-state index in [1.165, 1.54) is 19.3 Å². The van der Waals surface area contributed by atoms with Crippen LogP contribution < -0.4 is 16.4 Å². The molecule has 0 saturated carbocycles. The molecule has 0 aliphatic heterocycles. The van der Waals surface area contributed by atoms with Crippen molar-refractivity contribution in [2.45, 2.75) is 50.9 Å². The largest absolute Gasteiger partial charge is 0.385 e. The minimum atomic E-state index is -0.279. The number of likely N-dealkylation sites (N-methyl/N-ethyl adjacent to an activating group) is 1. The lowest BCUT2D eigenvalue weighted by Gasteiger charge is -2.16. The predicted octanol–water partition coefficient (Wildman–Crippen LogP) is 2.82. The number of hydrogen-bond acceptors (Lipinski definition) is 4. The number of benzene rings is 1. The standard InChI is InChI=1S/C19H31N3O2/c1-21-19(24)18(11-8-14-23)16-9-7-10-17(15-16)22-13-6-4-2-3-5-12-20/h7,9-10,14-15,18,22H,2-6,8,11-13,20H2,1H3,(H,21,24). The maximum absolute atomic E-state index is 12.1. The maximum atomic E-state index is 12.1. The highest BCUT2D eigenvalue weighted by Crippen LogP contribution is 2.24. The highest BCUT2D eigenvalue weighted by molar-refractivity contribution is 5.84. The van der Waals surface area contributed by atoms with Crippen LogP contribution in [0.4, 0.5) is 5.69 Å². The fourth-order valence-electron chi connectivity index (χ4n) is 2.76. The van der Waals surface area contributed by atoms with E-state index in [9.17, 15) is 9.59 Å². The van der Waals surface area contributed by atoms with E-state index in [1.54, 1.807) is 7.05 Å². The smallest absolute Gasteiger partial charge is 0.227 e. The van der Waals surface area contributed by atoms with Crippen molar-refractivity contribution in [3.05, 3.63) is 29.8 Å². The van der Waals surface area contributed by atoms with Gasteiger partial charge in [0.15, 0.2) is 0 Å². The van der Waals surface area contributed by atoms with E-state index in [-0.39, 0.29) is 11.8 Å². The second kappa shape index (κ2) is 12.5. The van der Waals surface area contributed by atoms with Crippen molar-refractivity contribution >= 4 is 17.9 Å². The number of nitrogens with two attached hydrogens (primary N) is 1. The molecule has 24 heavy (non-hydrogen) atoms. The third-order valence-corrected chi connectivity index (χ3v) is 4.14. The van der Waals surface area contributed by atoms with Gasteiger partial charge in [-0.25, -0.2) is 0 Å². The van der Waals surface area contributed by atoms with Crippen LogP contribution in [0.5, 0.6) is 0 Å². The number of carbonyl (C=O) groups excluding carboxylic acids is 2. The Morgan fingerprint density at radius 1 is 1.21 bits per heavy atom. The van der Waals surface area contributed by atoms with Gasteiger partial charge in [0, 0.05) is 25.7 Å². The molecular formula is C19H31N3O2. The van der Waals surface area contributed by atoms with Gasteiger partial charge in [-0.1, -0.05) is 31.4 Å². The summed E-state index contributed by atoms with van der Waals surface area (Å²) in [5.41, 5.74) is 7.46. The van der Waals surface area contributed by atoms with Crippen molar-refractivity contribution in [2.75, 3.05) is 25.5 Å². The summed E-state index contributed by atoms with van der Waals surface area (Å²) in [4.78, 5) is 22.7. The molecule has 1 rings (SSSR count). The van der Waals surface area contributed by atoms with E-state index < -0.39 is 0 Å².